The number of rotatable bonds is 7. The predicted molar refractivity (Wildman–Crippen MR) is 76.6 cm³/mol. The summed E-state index contributed by atoms with van der Waals surface area (Å²) >= 11 is 0. The third-order valence-electron chi connectivity index (χ3n) is 2.84. The van der Waals surface area contributed by atoms with E-state index in [2.05, 4.69) is 11.8 Å². The molecular weight excluding hydrogens is 244 g/mol. The molecule has 5 nitrogen and oxygen atoms in total. The maximum atomic E-state index is 11.8. The number of benzene rings is 1. The summed E-state index contributed by atoms with van der Waals surface area (Å²) in [6.07, 6.45) is 0. The van der Waals surface area contributed by atoms with Gasteiger partial charge in [0.2, 0.25) is 0 Å². The Morgan fingerprint density at radius 2 is 2.11 bits per heavy atom. The maximum absolute atomic E-state index is 11.8. The van der Waals surface area contributed by atoms with Crippen LogP contribution in [-0.2, 0) is 9.47 Å². The Morgan fingerprint density at radius 3 is 2.68 bits per heavy atom. The van der Waals surface area contributed by atoms with Gasteiger partial charge in [-0.15, -0.1) is 0 Å². The maximum Gasteiger partial charge on any atom is 0.340 e. The smallest absolute Gasteiger partial charge is 0.340 e. The van der Waals surface area contributed by atoms with Crippen LogP contribution in [-0.4, -0.2) is 39.4 Å². The summed E-state index contributed by atoms with van der Waals surface area (Å²) in [5.74, 6) is -0.385. The van der Waals surface area contributed by atoms with E-state index in [-0.39, 0.29) is 5.97 Å². The van der Waals surface area contributed by atoms with Crippen LogP contribution in [0.2, 0.25) is 0 Å². The molecule has 0 atom stereocenters. The van der Waals surface area contributed by atoms with Gasteiger partial charge in [-0.2, -0.15) is 0 Å². The molecule has 2 N–H and O–H groups in total. The molecule has 19 heavy (non-hydrogen) atoms. The second-order valence-corrected chi connectivity index (χ2v) is 4.06. The average Bonchev–Trinajstić information content (AvgIpc) is 2.41. The molecule has 1 rings (SSSR count). The number of carbonyl (C=O) groups excluding carboxylic acids is 1. The summed E-state index contributed by atoms with van der Waals surface area (Å²) in [5, 5.41) is 0. The highest BCUT2D eigenvalue weighted by Gasteiger charge is 2.13. The number of ether oxygens (including phenoxy) is 2. The number of likely N-dealkylation sites (N-methyl/N-ethyl adjacent to an activating group) is 1. The van der Waals surface area contributed by atoms with Crippen LogP contribution in [0.25, 0.3) is 0 Å². The van der Waals surface area contributed by atoms with Crippen molar-refractivity contribution >= 4 is 17.3 Å². The predicted octanol–water partition coefficient (Wildman–Crippen LogP) is 1.92. The molecule has 0 aliphatic rings. The van der Waals surface area contributed by atoms with Crippen LogP contribution in [0, 0.1) is 0 Å². The van der Waals surface area contributed by atoms with E-state index < -0.39 is 0 Å². The molecule has 0 amide bonds. The monoisotopic (exact) mass is 266 g/mol. The van der Waals surface area contributed by atoms with Crippen molar-refractivity contribution in [2.75, 3.05) is 44.0 Å². The van der Waals surface area contributed by atoms with E-state index in [4.69, 9.17) is 15.2 Å². The van der Waals surface area contributed by atoms with E-state index in [1.165, 1.54) is 0 Å². The minimum absolute atomic E-state index is 0.337. The summed E-state index contributed by atoms with van der Waals surface area (Å²) in [7, 11) is 1.67. The van der Waals surface area contributed by atoms with Crippen LogP contribution in [0.15, 0.2) is 18.2 Å². The molecule has 106 valence electrons. The Bertz CT molecular complexity index is 421. The Hall–Kier alpha value is -1.75. The molecule has 0 spiro atoms. The lowest BCUT2D eigenvalue weighted by atomic mass is 10.1. The molecule has 0 saturated carbocycles. The third-order valence-corrected chi connectivity index (χ3v) is 2.84. The van der Waals surface area contributed by atoms with E-state index in [1.807, 2.05) is 6.07 Å². The summed E-state index contributed by atoms with van der Waals surface area (Å²) in [4.78, 5) is 13.9. The molecule has 0 radical (unpaired) electrons. The van der Waals surface area contributed by atoms with Crippen LogP contribution < -0.4 is 10.6 Å². The Morgan fingerprint density at radius 1 is 1.37 bits per heavy atom. The number of hydrogen-bond acceptors (Lipinski definition) is 5. The van der Waals surface area contributed by atoms with E-state index in [0.29, 0.717) is 24.5 Å². The number of nitrogens with two attached hydrogens (primary N) is 1. The van der Waals surface area contributed by atoms with Gasteiger partial charge in [-0.05, 0) is 32.0 Å². The van der Waals surface area contributed by atoms with Gasteiger partial charge in [-0.3, -0.25) is 0 Å². The minimum atomic E-state index is -0.385. The fourth-order valence-electron chi connectivity index (χ4n) is 1.80. The number of nitrogen functional groups attached to an aromatic ring is 1. The van der Waals surface area contributed by atoms with Crippen molar-refractivity contribution in [2.24, 2.45) is 0 Å². The fourth-order valence-corrected chi connectivity index (χ4v) is 1.80. The molecule has 0 bridgehead atoms. The van der Waals surface area contributed by atoms with Gasteiger partial charge in [0.15, 0.2) is 0 Å². The van der Waals surface area contributed by atoms with Crippen LogP contribution in [0.1, 0.15) is 24.2 Å². The molecular formula is C14H22N2O3. The second kappa shape index (κ2) is 7.63. The van der Waals surface area contributed by atoms with Crippen LogP contribution in [0.3, 0.4) is 0 Å². The van der Waals surface area contributed by atoms with Gasteiger partial charge in [0, 0.05) is 31.6 Å². The van der Waals surface area contributed by atoms with Crippen LogP contribution >= 0.6 is 0 Å². The first-order valence-corrected chi connectivity index (χ1v) is 6.44. The summed E-state index contributed by atoms with van der Waals surface area (Å²) < 4.78 is 10.1. The molecule has 0 aliphatic carbocycles. The summed E-state index contributed by atoms with van der Waals surface area (Å²) in [6, 6.07) is 5.40. The standard InChI is InChI=1S/C14H22N2O3/c1-4-16(8-9-18-3)11-6-7-13(15)12(10-11)14(17)19-5-2/h6-7,10H,4-5,8-9,15H2,1-3H3. The lowest BCUT2D eigenvalue weighted by Gasteiger charge is -2.23. The van der Waals surface area contributed by atoms with Gasteiger partial charge in [-0.1, -0.05) is 0 Å². The van der Waals surface area contributed by atoms with E-state index >= 15 is 0 Å². The lowest BCUT2D eigenvalue weighted by molar-refractivity contribution is 0.0527. The van der Waals surface area contributed by atoms with Gasteiger partial charge < -0.3 is 20.1 Å². The number of anilines is 2. The highest BCUT2D eigenvalue weighted by atomic mass is 16.5. The second-order valence-electron chi connectivity index (χ2n) is 4.06. The van der Waals surface area contributed by atoms with Gasteiger partial charge in [0.05, 0.1) is 18.8 Å². The summed E-state index contributed by atoms with van der Waals surface area (Å²) in [5.41, 5.74) is 7.61. The minimum Gasteiger partial charge on any atom is -0.462 e. The van der Waals surface area contributed by atoms with E-state index in [0.717, 1.165) is 18.8 Å². The number of esters is 1. The highest BCUT2D eigenvalue weighted by molar-refractivity contribution is 5.96. The molecule has 0 aliphatic heterocycles. The van der Waals surface area contributed by atoms with Crippen molar-refractivity contribution in [2.45, 2.75) is 13.8 Å². The van der Waals surface area contributed by atoms with Gasteiger partial charge in [0.1, 0.15) is 0 Å². The molecule has 0 fully saturated rings. The van der Waals surface area contributed by atoms with Gasteiger partial charge in [0.25, 0.3) is 0 Å². The first-order chi connectivity index (χ1) is 9.13. The van der Waals surface area contributed by atoms with E-state index in [9.17, 15) is 4.79 Å². The number of methoxy groups -OCH3 is 1. The first-order valence-electron chi connectivity index (χ1n) is 6.44. The topological polar surface area (TPSA) is 64.8 Å². The zero-order chi connectivity index (χ0) is 14.3. The lowest BCUT2D eigenvalue weighted by Crippen LogP contribution is -2.27. The fraction of sp³-hybridized carbons (Fsp3) is 0.500. The number of hydrogen-bond donors (Lipinski definition) is 1. The number of nitrogens with zero attached hydrogens (tertiary/aromatic N) is 1. The summed E-state index contributed by atoms with van der Waals surface area (Å²) in [6.45, 7) is 6.39. The van der Waals surface area contributed by atoms with Crippen molar-refractivity contribution in [3.05, 3.63) is 23.8 Å². The average molecular weight is 266 g/mol. The molecule has 0 aromatic heterocycles. The van der Waals surface area contributed by atoms with Gasteiger partial charge in [-0.25, -0.2) is 4.79 Å². The molecule has 0 unspecified atom stereocenters. The Labute approximate surface area is 114 Å². The van der Waals surface area contributed by atoms with Gasteiger partial charge >= 0.3 is 5.97 Å². The zero-order valence-electron chi connectivity index (χ0n) is 11.8. The largest absolute Gasteiger partial charge is 0.462 e. The van der Waals surface area contributed by atoms with Crippen molar-refractivity contribution in [1.29, 1.82) is 0 Å². The molecule has 0 saturated heterocycles. The Kier molecular flexibility index (Phi) is 6.15. The number of carbonyl (C=O) groups is 1. The first kappa shape index (κ1) is 15.3. The van der Waals surface area contributed by atoms with Crippen LogP contribution in [0.4, 0.5) is 11.4 Å². The van der Waals surface area contributed by atoms with Crippen LogP contribution in [0.5, 0.6) is 0 Å². The zero-order valence-corrected chi connectivity index (χ0v) is 11.8. The quantitative estimate of drug-likeness (QED) is 0.603. The molecule has 5 heteroatoms. The molecule has 1 aromatic rings. The van der Waals surface area contributed by atoms with Crippen molar-refractivity contribution in [1.82, 2.24) is 0 Å². The Balaban J connectivity index is 2.96. The van der Waals surface area contributed by atoms with Crippen molar-refractivity contribution in [3.8, 4) is 0 Å². The molecule has 1 aromatic carbocycles. The normalized spacial score (nSPS) is 10.3. The molecule has 0 heterocycles. The van der Waals surface area contributed by atoms with Crippen molar-refractivity contribution in [3.63, 3.8) is 0 Å². The highest BCUT2D eigenvalue weighted by Crippen LogP contribution is 2.22. The van der Waals surface area contributed by atoms with Crippen molar-refractivity contribution < 1.29 is 14.3 Å². The SMILES string of the molecule is CCOC(=O)c1cc(N(CC)CCOC)ccc1N. The van der Waals surface area contributed by atoms with E-state index in [1.54, 1.807) is 26.2 Å². The third kappa shape index (κ3) is 4.13.